The Bertz CT molecular complexity index is 1180. The van der Waals surface area contributed by atoms with Crippen LogP contribution in [0, 0.1) is 0 Å². The van der Waals surface area contributed by atoms with Gasteiger partial charge in [0.25, 0.3) is 0 Å². The van der Waals surface area contributed by atoms with Crippen LogP contribution in [0.25, 0.3) is 0 Å². The number of unbranched alkanes of at least 4 members (excludes halogenated alkanes) is 15. The number of phosphoric ester groups is 1. The van der Waals surface area contributed by atoms with E-state index in [1.165, 1.54) is 38.5 Å². The number of hydrogen-bond donors (Lipinski definition) is 3. The van der Waals surface area contributed by atoms with Crippen molar-refractivity contribution in [3.05, 3.63) is 60.8 Å². The Morgan fingerprint density at radius 3 is 1.41 bits per heavy atom. The van der Waals surface area contributed by atoms with Gasteiger partial charge in [-0.05, 0) is 83.5 Å². The van der Waals surface area contributed by atoms with E-state index >= 15 is 0 Å². The lowest BCUT2D eigenvalue weighted by molar-refractivity contribution is -0.161. The summed E-state index contributed by atoms with van der Waals surface area (Å²) >= 11 is 0. The number of ether oxygens (including phenoxy) is 2. The fraction of sp³-hybridized carbons (Fsp3) is 0.705. The molecule has 0 fully saturated rings. The molecule has 0 spiro atoms. The highest BCUT2D eigenvalue weighted by Crippen LogP contribution is 2.43. The highest BCUT2D eigenvalue weighted by atomic mass is 31.2. The molecule has 3 atom stereocenters. The summed E-state index contributed by atoms with van der Waals surface area (Å²) in [6.45, 7) is 2.70. The van der Waals surface area contributed by atoms with Gasteiger partial charge in [-0.2, -0.15) is 0 Å². The number of rotatable bonds is 39. The first-order valence-corrected chi connectivity index (χ1v) is 22.8. The molecule has 322 valence electrons. The Morgan fingerprint density at radius 1 is 0.554 bits per heavy atom. The van der Waals surface area contributed by atoms with Gasteiger partial charge >= 0.3 is 25.7 Å². The molecule has 0 aromatic carbocycles. The van der Waals surface area contributed by atoms with Gasteiger partial charge in [0.15, 0.2) is 6.10 Å². The van der Waals surface area contributed by atoms with Crippen LogP contribution in [0.2, 0.25) is 0 Å². The number of allylic oxidation sites excluding steroid dienone is 10. The monoisotopic (exact) mass is 810 g/mol. The van der Waals surface area contributed by atoms with Crippen molar-refractivity contribution in [2.75, 3.05) is 19.8 Å². The second-order valence-electron chi connectivity index (χ2n) is 14.1. The van der Waals surface area contributed by atoms with Gasteiger partial charge in [-0.25, -0.2) is 4.57 Å². The zero-order valence-electron chi connectivity index (χ0n) is 34.7. The normalized spacial score (nSPS) is 14.4. The van der Waals surface area contributed by atoms with Crippen molar-refractivity contribution >= 4 is 25.7 Å². The first-order chi connectivity index (χ1) is 27.1. The third-order valence-electron chi connectivity index (χ3n) is 8.74. The minimum Gasteiger partial charge on any atom is -0.480 e. The standard InChI is InChI=1S/C44H76NO10P/c1-3-5-7-9-11-13-15-17-19-20-22-23-25-27-29-31-33-35-42(46)52-37-40(38-53-56(50,51)54-39-41(45)44(48)49)55-43(47)36-34-32-30-28-26-24-21-18-16-14-12-10-8-6-4-2/h11-14,17-19,21-23,40-41H,3-10,15-16,20,24-39,45H2,1-2H3,(H,48,49)(H,50,51)/b13-11+,14-12+,19-17+,21-18+,23-22+/t40-,41+/m1/s1. The van der Waals surface area contributed by atoms with Gasteiger partial charge in [-0.1, -0.05) is 132 Å². The Hall–Kier alpha value is -2.82. The number of carboxylic acids is 1. The molecule has 0 aliphatic rings. The van der Waals surface area contributed by atoms with E-state index in [4.69, 9.17) is 24.8 Å². The number of nitrogens with two attached hydrogens (primary N) is 1. The first-order valence-electron chi connectivity index (χ1n) is 21.3. The highest BCUT2D eigenvalue weighted by molar-refractivity contribution is 7.47. The lowest BCUT2D eigenvalue weighted by Gasteiger charge is -2.20. The van der Waals surface area contributed by atoms with Crippen LogP contribution in [-0.2, 0) is 37.5 Å². The summed E-state index contributed by atoms with van der Waals surface area (Å²) < 4.78 is 32.6. The van der Waals surface area contributed by atoms with Crippen LogP contribution >= 0.6 is 7.82 Å². The van der Waals surface area contributed by atoms with Crippen LogP contribution in [0.15, 0.2) is 60.8 Å². The number of phosphoric acid groups is 1. The van der Waals surface area contributed by atoms with Gasteiger partial charge in [-0.3, -0.25) is 23.4 Å². The smallest absolute Gasteiger partial charge is 0.472 e. The van der Waals surface area contributed by atoms with Crippen molar-refractivity contribution in [3.63, 3.8) is 0 Å². The van der Waals surface area contributed by atoms with Gasteiger partial charge in [0, 0.05) is 12.8 Å². The minimum absolute atomic E-state index is 0.137. The number of esters is 2. The van der Waals surface area contributed by atoms with Crippen LogP contribution < -0.4 is 5.73 Å². The maximum absolute atomic E-state index is 12.6. The molecule has 0 saturated heterocycles. The van der Waals surface area contributed by atoms with Crippen molar-refractivity contribution in [1.82, 2.24) is 0 Å². The van der Waals surface area contributed by atoms with E-state index in [2.05, 4.69) is 79.1 Å². The predicted molar refractivity (Wildman–Crippen MR) is 226 cm³/mol. The number of hydrogen-bond acceptors (Lipinski definition) is 9. The van der Waals surface area contributed by atoms with Crippen LogP contribution in [-0.4, -0.2) is 59.9 Å². The Kier molecular flexibility index (Phi) is 37.1. The number of carboxylic acid groups (broad SMARTS) is 1. The maximum Gasteiger partial charge on any atom is 0.472 e. The largest absolute Gasteiger partial charge is 0.480 e. The molecule has 0 aromatic rings. The summed E-state index contributed by atoms with van der Waals surface area (Å²) in [6, 6.07) is -1.53. The molecule has 56 heavy (non-hydrogen) atoms. The molecular formula is C44H76NO10P. The summed E-state index contributed by atoms with van der Waals surface area (Å²) in [5.74, 6) is -2.43. The molecule has 0 radical (unpaired) electrons. The Labute approximate surface area is 338 Å². The molecule has 12 heteroatoms. The average Bonchev–Trinajstić information content (AvgIpc) is 3.17. The molecule has 11 nitrogen and oxygen atoms in total. The van der Waals surface area contributed by atoms with Crippen molar-refractivity contribution in [1.29, 1.82) is 0 Å². The fourth-order valence-electron chi connectivity index (χ4n) is 5.34. The first kappa shape index (κ1) is 53.2. The third-order valence-corrected chi connectivity index (χ3v) is 9.69. The van der Waals surface area contributed by atoms with Gasteiger partial charge < -0.3 is 25.2 Å². The fourth-order valence-corrected chi connectivity index (χ4v) is 6.11. The highest BCUT2D eigenvalue weighted by Gasteiger charge is 2.28. The number of aliphatic carboxylic acids is 1. The topological polar surface area (TPSA) is 172 Å². The van der Waals surface area contributed by atoms with Crippen molar-refractivity contribution in [2.24, 2.45) is 5.73 Å². The summed E-state index contributed by atoms with van der Waals surface area (Å²) in [5.41, 5.74) is 5.33. The van der Waals surface area contributed by atoms with Gasteiger partial charge in [0.1, 0.15) is 12.6 Å². The quantitative estimate of drug-likeness (QED) is 0.0233. The molecule has 0 rings (SSSR count). The lowest BCUT2D eigenvalue weighted by atomic mass is 10.1. The molecule has 0 saturated carbocycles. The van der Waals surface area contributed by atoms with E-state index in [0.29, 0.717) is 12.8 Å². The molecule has 0 aliphatic carbocycles. The zero-order valence-corrected chi connectivity index (χ0v) is 35.6. The minimum atomic E-state index is -4.73. The molecule has 1 unspecified atom stereocenters. The molecular weight excluding hydrogens is 733 g/mol. The van der Waals surface area contributed by atoms with Crippen molar-refractivity contribution < 1.29 is 47.5 Å². The summed E-state index contributed by atoms with van der Waals surface area (Å²) in [6.07, 6.45) is 44.2. The second-order valence-corrected chi connectivity index (χ2v) is 15.6. The number of carbonyl (C=O) groups is 3. The molecule has 0 heterocycles. The van der Waals surface area contributed by atoms with E-state index in [9.17, 15) is 23.8 Å². The van der Waals surface area contributed by atoms with E-state index in [0.717, 1.165) is 89.9 Å². The summed E-state index contributed by atoms with van der Waals surface area (Å²) in [5, 5.41) is 8.88. The van der Waals surface area contributed by atoms with Crippen LogP contribution in [0.3, 0.4) is 0 Å². The molecule has 0 bridgehead atoms. The van der Waals surface area contributed by atoms with Crippen LogP contribution in [0.5, 0.6) is 0 Å². The molecule has 0 amide bonds. The Morgan fingerprint density at radius 2 is 0.946 bits per heavy atom. The van der Waals surface area contributed by atoms with Crippen LogP contribution in [0.1, 0.15) is 168 Å². The van der Waals surface area contributed by atoms with Gasteiger partial charge in [0.2, 0.25) is 0 Å². The Balaban J connectivity index is 4.45. The van der Waals surface area contributed by atoms with E-state index in [1.807, 2.05) is 0 Å². The zero-order chi connectivity index (χ0) is 41.4. The molecule has 4 N–H and O–H groups in total. The third kappa shape index (κ3) is 38.1. The van der Waals surface area contributed by atoms with Gasteiger partial charge in [-0.15, -0.1) is 0 Å². The van der Waals surface area contributed by atoms with E-state index in [-0.39, 0.29) is 19.4 Å². The molecule has 0 aliphatic heterocycles. The summed E-state index contributed by atoms with van der Waals surface area (Å²) in [7, 11) is -4.73. The second kappa shape index (κ2) is 39.0. The molecule has 0 aromatic heterocycles. The van der Waals surface area contributed by atoms with E-state index in [1.54, 1.807) is 0 Å². The lowest BCUT2D eigenvalue weighted by Crippen LogP contribution is -2.34. The summed E-state index contributed by atoms with van der Waals surface area (Å²) in [4.78, 5) is 45.9. The maximum atomic E-state index is 12.6. The average molecular weight is 810 g/mol. The van der Waals surface area contributed by atoms with Gasteiger partial charge in [0.05, 0.1) is 13.2 Å². The van der Waals surface area contributed by atoms with E-state index < -0.39 is 51.1 Å². The number of carbonyl (C=O) groups excluding carboxylic acids is 2. The van der Waals surface area contributed by atoms with Crippen molar-refractivity contribution in [3.8, 4) is 0 Å². The van der Waals surface area contributed by atoms with Crippen LogP contribution in [0.4, 0.5) is 0 Å². The SMILES string of the molecule is CCCCC/C=C/C/C=C/C/C=C/CCCCCCC(=O)OC[C@H](COP(=O)(O)OC[C@H](N)C(=O)O)OC(=O)CCCCCCC/C=C/C/C=C/CCCCC. The van der Waals surface area contributed by atoms with Crippen molar-refractivity contribution in [2.45, 2.75) is 180 Å². The predicted octanol–water partition coefficient (Wildman–Crippen LogP) is 11.2.